The average Bonchev–Trinajstić information content (AvgIpc) is 2.03. The molecule has 0 aliphatic heterocycles. The van der Waals surface area contributed by atoms with Crippen LogP contribution in [0.3, 0.4) is 0 Å². The van der Waals surface area contributed by atoms with E-state index in [4.69, 9.17) is 5.11 Å². The molecule has 3 rings (SSSR count). The highest BCUT2D eigenvalue weighted by Crippen LogP contribution is 2.61. The van der Waals surface area contributed by atoms with Crippen molar-refractivity contribution < 1.29 is 9.90 Å². The van der Waals surface area contributed by atoms with Crippen LogP contribution in [0.2, 0.25) is 0 Å². The van der Waals surface area contributed by atoms with Crippen molar-refractivity contribution in [1.82, 2.24) is 0 Å². The molecule has 13 heavy (non-hydrogen) atoms. The zero-order valence-electron chi connectivity index (χ0n) is 8.42. The Balaban J connectivity index is 2.03. The minimum Gasteiger partial charge on any atom is -0.481 e. The monoisotopic (exact) mass is 182 g/mol. The number of carbonyl (C=O) groups is 1. The lowest BCUT2D eigenvalue weighted by Crippen LogP contribution is -2.52. The van der Waals surface area contributed by atoms with Crippen LogP contribution >= 0.6 is 0 Å². The number of rotatable bonds is 2. The fraction of sp³-hybridized carbons (Fsp3) is 0.909. The third-order valence-electron chi connectivity index (χ3n) is 4.44. The van der Waals surface area contributed by atoms with Gasteiger partial charge in [-0.05, 0) is 42.4 Å². The highest BCUT2D eigenvalue weighted by molar-refractivity contribution is 5.67. The van der Waals surface area contributed by atoms with E-state index >= 15 is 0 Å². The quantitative estimate of drug-likeness (QED) is 0.712. The fourth-order valence-electron chi connectivity index (χ4n) is 3.43. The summed E-state index contributed by atoms with van der Waals surface area (Å²) in [5, 5.41) is 8.77. The van der Waals surface area contributed by atoms with Gasteiger partial charge in [-0.15, -0.1) is 0 Å². The largest absolute Gasteiger partial charge is 0.481 e. The van der Waals surface area contributed by atoms with Gasteiger partial charge in [0.05, 0.1) is 0 Å². The van der Waals surface area contributed by atoms with Crippen molar-refractivity contribution in [3.63, 3.8) is 0 Å². The number of aliphatic carboxylic acids is 1. The molecule has 0 radical (unpaired) electrons. The molecule has 0 aromatic rings. The molecule has 2 heteroatoms. The van der Waals surface area contributed by atoms with Crippen LogP contribution in [0.4, 0.5) is 0 Å². The van der Waals surface area contributed by atoms with Gasteiger partial charge in [-0.1, -0.05) is 13.8 Å². The molecule has 1 N–H and O–H groups in total. The summed E-state index contributed by atoms with van der Waals surface area (Å²) in [6.07, 6.45) is 4.07. The number of fused-ring (bicyclic) bond motifs is 2. The number of carboxylic acids is 1. The van der Waals surface area contributed by atoms with Crippen LogP contribution in [-0.4, -0.2) is 11.1 Å². The summed E-state index contributed by atoms with van der Waals surface area (Å²) in [6, 6.07) is 0. The maximum atomic E-state index is 10.6. The summed E-state index contributed by atoms with van der Waals surface area (Å²) >= 11 is 0. The molecule has 3 aliphatic carbocycles. The van der Waals surface area contributed by atoms with Crippen LogP contribution in [0.25, 0.3) is 0 Å². The lowest BCUT2D eigenvalue weighted by Gasteiger charge is -2.60. The Bertz CT molecular complexity index is 230. The van der Waals surface area contributed by atoms with E-state index in [0.717, 1.165) is 12.3 Å². The molecule has 0 aromatic carbocycles. The molecule has 0 spiro atoms. The molecule has 3 saturated carbocycles. The normalized spacial score (nSPS) is 40.9. The van der Waals surface area contributed by atoms with Crippen molar-refractivity contribution in [2.24, 2.45) is 23.2 Å². The van der Waals surface area contributed by atoms with Crippen LogP contribution in [0.15, 0.2) is 0 Å². The Kier molecular flexibility index (Phi) is 1.90. The Labute approximate surface area is 79.3 Å². The molecular formula is C11H18O2. The van der Waals surface area contributed by atoms with Gasteiger partial charge in [-0.2, -0.15) is 0 Å². The van der Waals surface area contributed by atoms with Crippen LogP contribution in [-0.2, 0) is 4.79 Å². The Morgan fingerprint density at radius 2 is 2.15 bits per heavy atom. The van der Waals surface area contributed by atoms with Gasteiger partial charge >= 0.3 is 5.97 Å². The molecule has 2 nitrogen and oxygen atoms in total. The molecule has 74 valence electrons. The summed E-state index contributed by atoms with van der Waals surface area (Å²) in [6.45, 7) is 4.61. The van der Waals surface area contributed by atoms with Gasteiger partial charge in [0.2, 0.25) is 0 Å². The Morgan fingerprint density at radius 3 is 2.62 bits per heavy atom. The van der Waals surface area contributed by atoms with Crippen molar-refractivity contribution in [1.29, 1.82) is 0 Å². The van der Waals surface area contributed by atoms with Crippen molar-refractivity contribution in [2.75, 3.05) is 0 Å². The minimum absolute atomic E-state index is 0.390. The summed E-state index contributed by atoms with van der Waals surface area (Å²) in [5.41, 5.74) is 0.429. The van der Waals surface area contributed by atoms with E-state index in [-0.39, 0.29) is 0 Å². The topological polar surface area (TPSA) is 37.3 Å². The van der Waals surface area contributed by atoms with E-state index in [1.807, 2.05) is 0 Å². The van der Waals surface area contributed by atoms with Gasteiger partial charge in [0.1, 0.15) is 0 Å². The van der Waals surface area contributed by atoms with Crippen molar-refractivity contribution in [3.8, 4) is 0 Å². The lowest BCUT2D eigenvalue weighted by molar-refractivity contribution is -0.146. The van der Waals surface area contributed by atoms with E-state index in [2.05, 4.69) is 13.8 Å². The third-order valence-corrected chi connectivity index (χ3v) is 4.44. The highest BCUT2D eigenvalue weighted by Gasteiger charge is 2.54. The number of carboxylic acid groups (broad SMARTS) is 1. The first-order chi connectivity index (χ1) is 6.01. The van der Waals surface area contributed by atoms with Crippen molar-refractivity contribution in [2.45, 2.75) is 39.5 Å². The van der Waals surface area contributed by atoms with E-state index < -0.39 is 5.97 Å². The Hall–Kier alpha value is -0.530. The molecule has 0 heterocycles. The lowest BCUT2D eigenvalue weighted by atomic mass is 9.45. The van der Waals surface area contributed by atoms with E-state index in [9.17, 15) is 4.79 Å². The van der Waals surface area contributed by atoms with Crippen molar-refractivity contribution >= 4 is 5.97 Å². The standard InChI is InChI=1S/C11H18O2/c1-11(2)8-4-3-7(5-10(12)13)9(11)6-8/h7-9H,3-6H2,1-2H3,(H,12,13)/t7-,8-,9+/m1/s1. The van der Waals surface area contributed by atoms with Gasteiger partial charge in [-0.3, -0.25) is 4.79 Å². The number of hydrogen-bond donors (Lipinski definition) is 1. The number of hydrogen-bond acceptors (Lipinski definition) is 1. The third kappa shape index (κ3) is 1.27. The average molecular weight is 182 g/mol. The molecule has 0 saturated heterocycles. The molecule has 0 unspecified atom stereocenters. The minimum atomic E-state index is -0.619. The predicted molar refractivity (Wildman–Crippen MR) is 50.4 cm³/mol. The first kappa shape index (κ1) is 9.04. The van der Waals surface area contributed by atoms with Crippen LogP contribution in [0.1, 0.15) is 39.5 Å². The van der Waals surface area contributed by atoms with Gasteiger partial charge < -0.3 is 5.11 Å². The molecule has 0 amide bonds. The van der Waals surface area contributed by atoms with Gasteiger partial charge in [0, 0.05) is 6.42 Å². The molecule has 2 bridgehead atoms. The maximum Gasteiger partial charge on any atom is 0.303 e. The van der Waals surface area contributed by atoms with Crippen LogP contribution in [0.5, 0.6) is 0 Å². The van der Waals surface area contributed by atoms with E-state index in [0.29, 0.717) is 23.7 Å². The molecular weight excluding hydrogens is 164 g/mol. The molecule has 0 aromatic heterocycles. The van der Waals surface area contributed by atoms with Crippen molar-refractivity contribution in [3.05, 3.63) is 0 Å². The molecule has 3 fully saturated rings. The second-order valence-corrected chi connectivity index (χ2v) is 5.30. The smallest absolute Gasteiger partial charge is 0.303 e. The van der Waals surface area contributed by atoms with Crippen LogP contribution < -0.4 is 0 Å². The summed E-state index contributed by atoms with van der Waals surface area (Å²) < 4.78 is 0. The van der Waals surface area contributed by atoms with Gasteiger partial charge in [0.25, 0.3) is 0 Å². The summed E-state index contributed by atoms with van der Waals surface area (Å²) in [5.74, 6) is 1.40. The first-order valence-corrected chi connectivity index (χ1v) is 5.23. The van der Waals surface area contributed by atoms with Gasteiger partial charge in [0.15, 0.2) is 0 Å². The summed E-state index contributed by atoms with van der Waals surface area (Å²) in [7, 11) is 0. The second-order valence-electron chi connectivity index (χ2n) is 5.30. The fourth-order valence-corrected chi connectivity index (χ4v) is 3.43. The zero-order chi connectivity index (χ0) is 9.64. The van der Waals surface area contributed by atoms with E-state index in [1.54, 1.807) is 0 Å². The Morgan fingerprint density at radius 1 is 1.46 bits per heavy atom. The predicted octanol–water partition coefficient (Wildman–Crippen LogP) is 2.53. The molecule has 3 aliphatic rings. The first-order valence-electron chi connectivity index (χ1n) is 5.23. The SMILES string of the molecule is CC1(C)[C@@H]2CC[C@H](CC(=O)O)[C@@H]1C2. The second kappa shape index (κ2) is 2.73. The highest BCUT2D eigenvalue weighted by atomic mass is 16.4. The molecule has 3 atom stereocenters. The van der Waals surface area contributed by atoms with E-state index in [1.165, 1.54) is 12.8 Å². The summed E-state index contributed by atoms with van der Waals surface area (Å²) in [4.78, 5) is 10.6. The van der Waals surface area contributed by atoms with Gasteiger partial charge in [-0.25, -0.2) is 0 Å². The maximum absolute atomic E-state index is 10.6. The van der Waals surface area contributed by atoms with Crippen LogP contribution in [0, 0.1) is 23.2 Å². The zero-order valence-corrected chi connectivity index (χ0v) is 8.42.